The number of hydrogen-bond acceptors (Lipinski definition) is 3. The number of nitrogens with one attached hydrogen (secondary N) is 1. The second-order valence-electron chi connectivity index (χ2n) is 4.94. The summed E-state index contributed by atoms with van der Waals surface area (Å²) in [5.41, 5.74) is 0.472. The number of hydrogen-bond donors (Lipinski definition) is 1. The fourth-order valence-corrected chi connectivity index (χ4v) is 2.39. The van der Waals surface area contributed by atoms with E-state index < -0.39 is 0 Å². The van der Waals surface area contributed by atoms with Crippen LogP contribution in [0.15, 0.2) is 24.3 Å². The molecule has 0 heterocycles. The number of ether oxygens (including phenoxy) is 1. The van der Waals surface area contributed by atoms with E-state index in [-0.39, 0.29) is 24.5 Å². The van der Waals surface area contributed by atoms with Crippen molar-refractivity contribution in [2.24, 2.45) is 0 Å². The Morgan fingerprint density at radius 1 is 1.15 bits per heavy atom. The molecule has 1 aliphatic rings. The van der Waals surface area contributed by atoms with Crippen molar-refractivity contribution in [1.82, 2.24) is 5.32 Å². The lowest BCUT2D eigenvalue weighted by atomic mass is 9.98. The Morgan fingerprint density at radius 3 is 2.45 bits per heavy atom. The quantitative estimate of drug-likeness (QED) is 0.869. The summed E-state index contributed by atoms with van der Waals surface area (Å²) in [6.07, 6.45) is 5.29. The van der Waals surface area contributed by atoms with Crippen molar-refractivity contribution in [3.05, 3.63) is 34.9 Å². The van der Waals surface area contributed by atoms with Crippen LogP contribution in [-0.4, -0.2) is 24.5 Å². The van der Waals surface area contributed by atoms with Gasteiger partial charge in [0.1, 0.15) is 12.6 Å². The minimum absolute atomic E-state index is 0.0173. The lowest BCUT2D eigenvalue weighted by Crippen LogP contribution is -2.33. The van der Waals surface area contributed by atoms with E-state index in [2.05, 4.69) is 5.32 Å². The molecule has 2 rings (SSSR count). The summed E-state index contributed by atoms with van der Waals surface area (Å²) < 4.78 is 5.32. The molecular formula is C15H18ClNO3. The summed E-state index contributed by atoms with van der Waals surface area (Å²) in [5.74, 6) is -0.679. The highest BCUT2D eigenvalue weighted by molar-refractivity contribution is 6.30. The van der Waals surface area contributed by atoms with Crippen molar-refractivity contribution in [3.63, 3.8) is 0 Å². The van der Waals surface area contributed by atoms with Crippen molar-refractivity contribution >= 4 is 23.5 Å². The van der Waals surface area contributed by atoms with Crippen molar-refractivity contribution < 1.29 is 14.3 Å². The van der Waals surface area contributed by atoms with E-state index in [0.717, 1.165) is 25.7 Å². The molecule has 1 aliphatic carbocycles. The highest BCUT2D eigenvalue weighted by Gasteiger charge is 2.18. The van der Waals surface area contributed by atoms with Crippen LogP contribution in [0.1, 0.15) is 42.5 Å². The summed E-state index contributed by atoms with van der Waals surface area (Å²) in [6.45, 7) is -0.0992. The summed E-state index contributed by atoms with van der Waals surface area (Å²) >= 11 is 5.75. The maximum atomic E-state index is 11.8. The van der Waals surface area contributed by atoms with Crippen LogP contribution < -0.4 is 5.32 Å². The highest BCUT2D eigenvalue weighted by Crippen LogP contribution is 2.20. The normalized spacial score (nSPS) is 15.7. The van der Waals surface area contributed by atoms with E-state index in [1.54, 1.807) is 24.3 Å². The lowest BCUT2D eigenvalue weighted by Gasteiger charge is -2.21. The van der Waals surface area contributed by atoms with Crippen molar-refractivity contribution in [2.45, 2.75) is 38.2 Å². The molecule has 5 heteroatoms. The van der Waals surface area contributed by atoms with Crippen LogP contribution in [0.5, 0.6) is 0 Å². The van der Waals surface area contributed by atoms with Gasteiger partial charge in [0.15, 0.2) is 0 Å². The Labute approximate surface area is 123 Å². The number of benzene rings is 1. The van der Waals surface area contributed by atoms with E-state index in [1.165, 1.54) is 6.42 Å². The number of amides is 1. The van der Waals surface area contributed by atoms with Crippen LogP contribution in [0.2, 0.25) is 5.02 Å². The molecule has 108 valence electrons. The van der Waals surface area contributed by atoms with Gasteiger partial charge in [0.2, 0.25) is 0 Å². The molecule has 1 saturated carbocycles. The molecule has 0 unspecified atom stereocenters. The van der Waals surface area contributed by atoms with Crippen LogP contribution in [0.4, 0.5) is 0 Å². The van der Waals surface area contributed by atoms with Crippen molar-refractivity contribution in [1.29, 1.82) is 0 Å². The zero-order valence-electron chi connectivity index (χ0n) is 11.2. The molecular weight excluding hydrogens is 278 g/mol. The SMILES string of the molecule is O=C(CNC(=O)c1ccc(Cl)cc1)OC1CCCCC1. The number of carbonyl (C=O) groups is 2. The zero-order chi connectivity index (χ0) is 14.4. The molecule has 20 heavy (non-hydrogen) atoms. The number of halogens is 1. The van der Waals surface area contributed by atoms with Gasteiger partial charge in [-0.25, -0.2) is 0 Å². The molecule has 1 N–H and O–H groups in total. The Kier molecular flexibility index (Phi) is 5.41. The summed E-state index contributed by atoms with van der Waals surface area (Å²) in [6, 6.07) is 6.50. The predicted molar refractivity (Wildman–Crippen MR) is 76.8 cm³/mol. The van der Waals surface area contributed by atoms with Gasteiger partial charge < -0.3 is 10.1 Å². The first kappa shape index (κ1) is 14.9. The molecule has 1 aromatic rings. The molecule has 0 aliphatic heterocycles. The van der Waals surface area contributed by atoms with Gasteiger partial charge in [-0.2, -0.15) is 0 Å². The topological polar surface area (TPSA) is 55.4 Å². The van der Waals surface area contributed by atoms with Crippen LogP contribution in [0.25, 0.3) is 0 Å². The van der Waals surface area contributed by atoms with E-state index in [4.69, 9.17) is 16.3 Å². The Bertz CT molecular complexity index is 467. The smallest absolute Gasteiger partial charge is 0.325 e. The first-order valence-electron chi connectivity index (χ1n) is 6.88. The third kappa shape index (κ3) is 4.53. The second-order valence-corrected chi connectivity index (χ2v) is 5.38. The van der Waals surface area contributed by atoms with Crippen molar-refractivity contribution in [3.8, 4) is 0 Å². The van der Waals surface area contributed by atoms with Gasteiger partial charge >= 0.3 is 5.97 Å². The predicted octanol–water partition coefficient (Wildman–Crippen LogP) is 2.95. The average Bonchev–Trinajstić information content (AvgIpc) is 2.46. The summed E-state index contributed by atoms with van der Waals surface area (Å²) in [4.78, 5) is 23.4. The van der Waals surface area contributed by atoms with Gasteiger partial charge in [0, 0.05) is 10.6 Å². The molecule has 1 amide bonds. The third-order valence-corrected chi connectivity index (χ3v) is 3.60. The largest absolute Gasteiger partial charge is 0.461 e. The van der Waals surface area contributed by atoms with E-state index in [9.17, 15) is 9.59 Å². The third-order valence-electron chi connectivity index (χ3n) is 3.35. The molecule has 0 atom stereocenters. The van der Waals surface area contributed by atoms with Crippen LogP contribution >= 0.6 is 11.6 Å². The van der Waals surface area contributed by atoms with Crippen LogP contribution in [0, 0.1) is 0 Å². The van der Waals surface area contributed by atoms with Crippen LogP contribution in [0.3, 0.4) is 0 Å². The maximum Gasteiger partial charge on any atom is 0.325 e. The molecule has 0 spiro atoms. The molecule has 1 aromatic carbocycles. The van der Waals surface area contributed by atoms with Crippen LogP contribution in [-0.2, 0) is 9.53 Å². The fraction of sp³-hybridized carbons (Fsp3) is 0.467. The summed E-state index contributed by atoms with van der Waals surface area (Å²) in [7, 11) is 0. The van der Waals surface area contributed by atoms with Gasteiger partial charge in [0.25, 0.3) is 5.91 Å². The minimum atomic E-state index is -0.376. The second kappa shape index (κ2) is 7.29. The number of rotatable bonds is 4. The highest BCUT2D eigenvalue weighted by atomic mass is 35.5. The first-order chi connectivity index (χ1) is 9.65. The number of carbonyl (C=O) groups excluding carboxylic acids is 2. The average molecular weight is 296 g/mol. The Hall–Kier alpha value is -1.55. The van der Waals surface area contributed by atoms with Gasteiger partial charge in [-0.3, -0.25) is 9.59 Å². The van der Waals surface area contributed by atoms with Gasteiger partial charge in [-0.1, -0.05) is 18.0 Å². The first-order valence-corrected chi connectivity index (χ1v) is 7.26. The van der Waals surface area contributed by atoms with Crippen molar-refractivity contribution in [2.75, 3.05) is 6.54 Å². The molecule has 0 bridgehead atoms. The minimum Gasteiger partial charge on any atom is -0.461 e. The van der Waals surface area contributed by atoms with Gasteiger partial charge in [0.05, 0.1) is 0 Å². The molecule has 1 fully saturated rings. The molecule has 0 aromatic heterocycles. The Morgan fingerprint density at radius 2 is 1.80 bits per heavy atom. The van der Waals surface area contributed by atoms with E-state index in [0.29, 0.717) is 10.6 Å². The monoisotopic (exact) mass is 295 g/mol. The van der Waals surface area contributed by atoms with Gasteiger partial charge in [-0.15, -0.1) is 0 Å². The van der Waals surface area contributed by atoms with E-state index in [1.807, 2.05) is 0 Å². The van der Waals surface area contributed by atoms with E-state index >= 15 is 0 Å². The number of esters is 1. The zero-order valence-corrected chi connectivity index (χ0v) is 12.0. The Balaban J connectivity index is 1.75. The fourth-order valence-electron chi connectivity index (χ4n) is 2.27. The lowest BCUT2D eigenvalue weighted by molar-refractivity contribution is -0.149. The summed E-state index contributed by atoms with van der Waals surface area (Å²) in [5, 5.41) is 3.12. The molecule has 4 nitrogen and oxygen atoms in total. The molecule has 0 saturated heterocycles. The standard InChI is InChI=1S/C15H18ClNO3/c16-12-8-6-11(7-9-12)15(19)17-10-14(18)20-13-4-2-1-3-5-13/h6-9,13H,1-5,10H2,(H,17,19). The maximum absolute atomic E-state index is 11.8. The van der Waals surface area contributed by atoms with Gasteiger partial charge in [-0.05, 0) is 49.9 Å². The molecule has 0 radical (unpaired) electrons.